The minimum absolute atomic E-state index is 0.0961. The number of benzene rings is 1. The van der Waals surface area contributed by atoms with Crippen LogP contribution in [0.25, 0.3) is 0 Å². The maximum Gasteiger partial charge on any atom is 0.305 e. The van der Waals surface area contributed by atoms with Gasteiger partial charge in [0.15, 0.2) is 0 Å². The highest BCUT2D eigenvalue weighted by Crippen LogP contribution is 2.30. The highest BCUT2D eigenvalue weighted by atomic mass is 16.4. The zero-order valence-corrected chi connectivity index (χ0v) is 11.9. The molecule has 0 heterocycles. The number of anilines is 1. The van der Waals surface area contributed by atoms with Crippen molar-refractivity contribution in [1.82, 2.24) is 0 Å². The summed E-state index contributed by atoms with van der Waals surface area (Å²) >= 11 is 0. The Bertz CT molecular complexity index is 436. The van der Waals surface area contributed by atoms with Gasteiger partial charge in [-0.05, 0) is 37.8 Å². The zero-order valence-electron chi connectivity index (χ0n) is 11.9. The molecule has 1 aromatic carbocycles. The molecule has 0 aliphatic rings. The van der Waals surface area contributed by atoms with Crippen LogP contribution in [0.4, 0.5) is 5.69 Å². The smallest absolute Gasteiger partial charge is 0.305 e. The van der Waals surface area contributed by atoms with E-state index in [4.69, 9.17) is 5.11 Å². The van der Waals surface area contributed by atoms with Crippen molar-refractivity contribution in [3.05, 3.63) is 29.3 Å². The molecule has 0 radical (unpaired) electrons. The van der Waals surface area contributed by atoms with Crippen LogP contribution in [-0.4, -0.2) is 16.6 Å². The van der Waals surface area contributed by atoms with E-state index < -0.39 is 11.5 Å². The quantitative estimate of drug-likeness (QED) is 0.834. The Balaban J connectivity index is 3.06. The lowest BCUT2D eigenvalue weighted by molar-refractivity contribution is -0.137. The van der Waals surface area contributed by atoms with Crippen LogP contribution in [0.2, 0.25) is 0 Å². The van der Waals surface area contributed by atoms with E-state index in [2.05, 4.69) is 25.2 Å². The topological polar surface area (TPSA) is 49.3 Å². The summed E-state index contributed by atoms with van der Waals surface area (Å²) < 4.78 is 0. The van der Waals surface area contributed by atoms with E-state index in [-0.39, 0.29) is 6.42 Å². The molecule has 0 amide bonds. The van der Waals surface area contributed by atoms with Crippen LogP contribution in [0.5, 0.6) is 0 Å². The lowest BCUT2D eigenvalue weighted by Gasteiger charge is -2.29. The van der Waals surface area contributed by atoms with Crippen LogP contribution >= 0.6 is 0 Å². The van der Waals surface area contributed by atoms with Gasteiger partial charge in [0.2, 0.25) is 0 Å². The predicted molar refractivity (Wildman–Crippen MR) is 75.2 cm³/mol. The van der Waals surface area contributed by atoms with E-state index >= 15 is 0 Å². The van der Waals surface area contributed by atoms with Crippen LogP contribution in [0.3, 0.4) is 0 Å². The van der Waals surface area contributed by atoms with E-state index in [1.165, 1.54) is 5.56 Å². The number of carboxylic acids is 1. The van der Waals surface area contributed by atoms with Gasteiger partial charge in [-0.3, -0.25) is 4.79 Å². The third kappa shape index (κ3) is 3.76. The molecule has 0 aliphatic heterocycles. The van der Waals surface area contributed by atoms with Crippen LogP contribution in [0.1, 0.15) is 51.2 Å². The molecular formula is C15H23NO2. The second-order valence-corrected chi connectivity index (χ2v) is 5.77. The Hall–Kier alpha value is -1.51. The van der Waals surface area contributed by atoms with Gasteiger partial charge in [-0.2, -0.15) is 0 Å². The first kappa shape index (κ1) is 14.6. The van der Waals surface area contributed by atoms with Gasteiger partial charge in [0.25, 0.3) is 0 Å². The maximum absolute atomic E-state index is 10.9. The van der Waals surface area contributed by atoms with Gasteiger partial charge < -0.3 is 10.4 Å². The summed E-state index contributed by atoms with van der Waals surface area (Å²) in [5.74, 6) is -0.375. The highest BCUT2D eigenvalue weighted by molar-refractivity contribution is 5.70. The number of nitrogens with one attached hydrogen (secondary N) is 1. The molecule has 0 saturated carbocycles. The Morgan fingerprint density at radius 2 is 2.00 bits per heavy atom. The number of aliphatic carboxylic acids is 1. The molecule has 3 heteroatoms. The maximum atomic E-state index is 10.9. The Morgan fingerprint density at radius 1 is 1.39 bits per heavy atom. The average Bonchev–Trinajstić information content (AvgIpc) is 2.18. The number of rotatable bonds is 5. The first-order valence-corrected chi connectivity index (χ1v) is 6.32. The van der Waals surface area contributed by atoms with Crippen LogP contribution in [0, 0.1) is 6.92 Å². The number of aryl methyl sites for hydroxylation is 1. The summed E-state index contributed by atoms with van der Waals surface area (Å²) in [5, 5.41) is 12.3. The zero-order chi connectivity index (χ0) is 13.9. The van der Waals surface area contributed by atoms with Crippen molar-refractivity contribution in [2.24, 2.45) is 0 Å². The molecule has 3 nitrogen and oxygen atoms in total. The monoisotopic (exact) mass is 249 g/mol. The molecule has 1 aromatic rings. The Labute approximate surface area is 109 Å². The molecule has 0 spiro atoms. The lowest BCUT2D eigenvalue weighted by Crippen LogP contribution is -2.34. The lowest BCUT2D eigenvalue weighted by atomic mass is 9.94. The molecule has 0 fully saturated rings. The number of hydrogen-bond donors (Lipinski definition) is 2. The van der Waals surface area contributed by atoms with Crippen molar-refractivity contribution in [1.29, 1.82) is 0 Å². The highest BCUT2D eigenvalue weighted by Gasteiger charge is 2.23. The summed E-state index contributed by atoms with van der Waals surface area (Å²) in [7, 11) is 0. The average molecular weight is 249 g/mol. The molecule has 0 bridgehead atoms. The van der Waals surface area contributed by atoms with Gasteiger partial charge >= 0.3 is 5.97 Å². The van der Waals surface area contributed by atoms with E-state index in [0.717, 1.165) is 11.3 Å². The molecule has 1 rings (SSSR count). The molecule has 0 unspecified atom stereocenters. The van der Waals surface area contributed by atoms with Crippen molar-refractivity contribution in [3.63, 3.8) is 0 Å². The van der Waals surface area contributed by atoms with Crippen molar-refractivity contribution < 1.29 is 9.90 Å². The Morgan fingerprint density at radius 3 is 2.50 bits per heavy atom. The molecule has 100 valence electrons. The number of carbonyl (C=O) groups is 1. The van der Waals surface area contributed by atoms with Crippen molar-refractivity contribution in [3.8, 4) is 0 Å². The van der Waals surface area contributed by atoms with Gasteiger partial charge in [-0.15, -0.1) is 0 Å². The van der Waals surface area contributed by atoms with Crippen molar-refractivity contribution >= 4 is 11.7 Å². The molecule has 2 N–H and O–H groups in total. The third-order valence-corrected chi connectivity index (χ3v) is 2.98. The van der Waals surface area contributed by atoms with E-state index in [1.54, 1.807) is 0 Å². The van der Waals surface area contributed by atoms with E-state index in [9.17, 15) is 4.79 Å². The predicted octanol–water partition coefficient (Wildman–Crippen LogP) is 3.78. The summed E-state index contributed by atoms with van der Waals surface area (Å²) in [4.78, 5) is 10.9. The first-order valence-electron chi connectivity index (χ1n) is 6.32. The fourth-order valence-corrected chi connectivity index (χ4v) is 2.10. The van der Waals surface area contributed by atoms with Gasteiger partial charge in [0, 0.05) is 11.2 Å². The first-order chi connectivity index (χ1) is 8.23. The second kappa shape index (κ2) is 5.42. The van der Waals surface area contributed by atoms with Crippen LogP contribution in [0.15, 0.2) is 18.2 Å². The summed E-state index contributed by atoms with van der Waals surface area (Å²) in [6.45, 7) is 10.2. The van der Waals surface area contributed by atoms with E-state index in [1.807, 2.05) is 32.9 Å². The fourth-order valence-electron chi connectivity index (χ4n) is 2.10. The molecule has 0 saturated heterocycles. The molecule has 0 atom stereocenters. The van der Waals surface area contributed by atoms with Crippen molar-refractivity contribution in [2.45, 2.75) is 52.5 Å². The standard InChI is InChI=1S/C15H23NO2/c1-10(2)12-8-6-7-11(3)14(12)16-15(4,5)9-13(17)18/h6-8,10,16H,9H2,1-5H3,(H,17,18). The molecular weight excluding hydrogens is 226 g/mol. The third-order valence-electron chi connectivity index (χ3n) is 2.98. The fraction of sp³-hybridized carbons (Fsp3) is 0.533. The minimum Gasteiger partial charge on any atom is -0.481 e. The van der Waals surface area contributed by atoms with Crippen LogP contribution < -0.4 is 5.32 Å². The minimum atomic E-state index is -0.785. The largest absolute Gasteiger partial charge is 0.481 e. The SMILES string of the molecule is Cc1cccc(C(C)C)c1NC(C)(C)CC(=O)O. The summed E-state index contributed by atoms with van der Waals surface area (Å²) in [6.07, 6.45) is 0.0961. The van der Waals surface area contributed by atoms with Gasteiger partial charge in [0.05, 0.1) is 6.42 Å². The second-order valence-electron chi connectivity index (χ2n) is 5.77. The number of carboxylic acid groups (broad SMARTS) is 1. The number of hydrogen-bond acceptors (Lipinski definition) is 2. The molecule has 18 heavy (non-hydrogen) atoms. The number of para-hydroxylation sites is 1. The van der Waals surface area contributed by atoms with Gasteiger partial charge in [0.1, 0.15) is 0 Å². The van der Waals surface area contributed by atoms with Gasteiger partial charge in [-0.25, -0.2) is 0 Å². The van der Waals surface area contributed by atoms with Crippen LogP contribution in [-0.2, 0) is 4.79 Å². The Kier molecular flexibility index (Phi) is 4.38. The van der Waals surface area contributed by atoms with Crippen molar-refractivity contribution in [2.75, 3.05) is 5.32 Å². The molecule has 0 aromatic heterocycles. The summed E-state index contributed by atoms with van der Waals surface area (Å²) in [6, 6.07) is 6.18. The summed E-state index contributed by atoms with van der Waals surface area (Å²) in [5.41, 5.74) is 2.99. The van der Waals surface area contributed by atoms with E-state index in [0.29, 0.717) is 5.92 Å². The normalized spacial score (nSPS) is 11.7. The van der Waals surface area contributed by atoms with Gasteiger partial charge in [-0.1, -0.05) is 32.0 Å². The molecule has 0 aliphatic carbocycles.